The van der Waals surface area contributed by atoms with Gasteiger partial charge in [-0.15, -0.1) is 10.2 Å². The fourth-order valence-electron chi connectivity index (χ4n) is 2.50. The van der Waals surface area contributed by atoms with E-state index >= 15 is 0 Å². The number of ether oxygens (including phenoxy) is 2. The Morgan fingerprint density at radius 1 is 1.36 bits per heavy atom. The van der Waals surface area contributed by atoms with Crippen LogP contribution in [-0.2, 0) is 11.3 Å². The Morgan fingerprint density at radius 3 is 3.09 bits per heavy atom. The van der Waals surface area contributed by atoms with Crippen LogP contribution in [0, 0.1) is 0 Å². The van der Waals surface area contributed by atoms with Crippen LogP contribution in [-0.4, -0.2) is 51.0 Å². The van der Waals surface area contributed by atoms with Crippen molar-refractivity contribution in [2.75, 3.05) is 31.2 Å². The van der Waals surface area contributed by atoms with E-state index in [1.54, 1.807) is 6.33 Å². The number of nitrogens with zero attached hydrogens (tertiary/aromatic N) is 6. The Bertz CT molecular complexity index is 617. The smallest absolute Gasteiger partial charge is 0.218 e. The lowest BCUT2D eigenvalue weighted by atomic mass is 10.2. The fraction of sp³-hybridized carbons (Fsp3) is 0.571. The van der Waals surface area contributed by atoms with Gasteiger partial charge in [0, 0.05) is 19.2 Å². The van der Waals surface area contributed by atoms with E-state index in [1.165, 1.54) is 6.33 Å². The van der Waals surface area contributed by atoms with Crippen LogP contribution in [0.15, 0.2) is 18.7 Å². The number of hydrogen-bond acceptors (Lipinski definition) is 7. The summed E-state index contributed by atoms with van der Waals surface area (Å²) in [5.41, 5.74) is 0. The molecule has 0 radical (unpaired) electrons. The normalized spacial score (nSPS) is 18.5. The number of anilines is 1. The first-order chi connectivity index (χ1) is 10.8. The van der Waals surface area contributed by atoms with Crippen LogP contribution in [0.4, 0.5) is 5.82 Å². The lowest BCUT2D eigenvalue weighted by Crippen LogP contribution is -2.39. The molecule has 1 aliphatic rings. The third-order valence-corrected chi connectivity index (χ3v) is 3.58. The molecule has 8 heteroatoms. The quantitative estimate of drug-likeness (QED) is 0.817. The molecule has 0 saturated carbocycles. The fourth-order valence-corrected chi connectivity index (χ4v) is 2.50. The molecule has 8 nitrogen and oxygen atoms in total. The van der Waals surface area contributed by atoms with Gasteiger partial charge in [0.25, 0.3) is 0 Å². The molecule has 0 N–H and O–H groups in total. The highest BCUT2D eigenvalue weighted by molar-refractivity contribution is 5.41. The van der Waals surface area contributed by atoms with Crippen molar-refractivity contribution in [3.8, 4) is 5.88 Å². The number of morpholine rings is 1. The maximum absolute atomic E-state index is 5.85. The molecule has 0 bridgehead atoms. The van der Waals surface area contributed by atoms with Gasteiger partial charge in [0.05, 0.1) is 19.8 Å². The maximum atomic E-state index is 5.85. The predicted molar refractivity (Wildman–Crippen MR) is 79.8 cm³/mol. The summed E-state index contributed by atoms with van der Waals surface area (Å²) in [5.74, 6) is 2.29. The van der Waals surface area contributed by atoms with E-state index in [-0.39, 0.29) is 6.10 Å². The molecule has 1 aliphatic heterocycles. The first-order valence-corrected chi connectivity index (χ1v) is 7.51. The molecule has 1 unspecified atom stereocenters. The summed E-state index contributed by atoms with van der Waals surface area (Å²) in [7, 11) is 0. The van der Waals surface area contributed by atoms with Crippen molar-refractivity contribution in [1.82, 2.24) is 24.7 Å². The summed E-state index contributed by atoms with van der Waals surface area (Å²) in [6.07, 6.45) is 3.15. The Hall–Kier alpha value is -2.22. The van der Waals surface area contributed by atoms with Gasteiger partial charge >= 0.3 is 0 Å². The van der Waals surface area contributed by atoms with Gasteiger partial charge in [0.1, 0.15) is 24.6 Å². The maximum Gasteiger partial charge on any atom is 0.218 e. The summed E-state index contributed by atoms with van der Waals surface area (Å²) < 4.78 is 13.3. The summed E-state index contributed by atoms with van der Waals surface area (Å²) in [6.45, 7) is 7.48. The van der Waals surface area contributed by atoms with Gasteiger partial charge in [-0.25, -0.2) is 9.97 Å². The topological polar surface area (TPSA) is 78.2 Å². The summed E-state index contributed by atoms with van der Waals surface area (Å²) in [6, 6.07) is 1.86. The third kappa shape index (κ3) is 3.01. The van der Waals surface area contributed by atoms with Crippen molar-refractivity contribution in [3.63, 3.8) is 0 Å². The summed E-state index contributed by atoms with van der Waals surface area (Å²) >= 11 is 0. The second-order valence-corrected chi connectivity index (χ2v) is 4.93. The van der Waals surface area contributed by atoms with Gasteiger partial charge in [-0.1, -0.05) is 0 Å². The molecule has 118 valence electrons. The lowest BCUT2D eigenvalue weighted by molar-refractivity contribution is 0.0313. The first-order valence-electron chi connectivity index (χ1n) is 7.51. The molecule has 0 amide bonds. The second-order valence-electron chi connectivity index (χ2n) is 4.93. The van der Waals surface area contributed by atoms with Gasteiger partial charge in [0.15, 0.2) is 5.82 Å². The Kier molecular flexibility index (Phi) is 4.47. The van der Waals surface area contributed by atoms with Gasteiger partial charge in [-0.05, 0) is 13.8 Å². The predicted octanol–water partition coefficient (Wildman–Crippen LogP) is 1.06. The molecule has 0 aromatic carbocycles. The third-order valence-electron chi connectivity index (χ3n) is 3.58. The van der Waals surface area contributed by atoms with Crippen molar-refractivity contribution in [2.45, 2.75) is 26.5 Å². The number of aryl methyl sites for hydroxylation is 1. The van der Waals surface area contributed by atoms with Gasteiger partial charge < -0.3 is 18.9 Å². The van der Waals surface area contributed by atoms with E-state index in [0.29, 0.717) is 25.6 Å². The van der Waals surface area contributed by atoms with Crippen molar-refractivity contribution < 1.29 is 9.47 Å². The van der Waals surface area contributed by atoms with E-state index in [2.05, 4.69) is 32.0 Å². The standard InChI is InChI=1S/C14H20N6O2/c1-3-19-10-17-18-14(19)11-8-20(5-6-22-11)12-7-13(21-4-2)16-9-15-12/h7,9-11H,3-6,8H2,1-2H3. The van der Waals surface area contributed by atoms with Crippen molar-refractivity contribution in [1.29, 1.82) is 0 Å². The van der Waals surface area contributed by atoms with Crippen LogP contribution in [0.5, 0.6) is 5.88 Å². The highest BCUT2D eigenvalue weighted by Gasteiger charge is 2.26. The van der Waals surface area contributed by atoms with Crippen molar-refractivity contribution in [2.24, 2.45) is 0 Å². The minimum Gasteiger partial charge on any atom is -0.478 e. The molecule has 1 saturated heterocycles. The molecule has 3 rings (SSSR count). The molecule has 1 atom stereocenters. The Morgan fingerprint density at radius 2 is 2.27 bits per heavy atom. The second kappa shape index (κ2) is 6.69. The van der Waals surface area contributed by atoms with Crippen LogP contribution < -0.4 is 9.64 Å². The molecule has 0 spiro atoms. The summed E-state index contributed by atoms with van der Waals surface area (Å²) in [5, 5.41) is 8.16. The first kappa shape index (κ1) is 14.7. The van der Waals surface area contributed by atoms with Gasteiger partial charge in [-0.3, -0.25) is 0 Å². The van der Waals surface area contributed by atoms with E-state index in [9.17, 15) is 0 Å². The lowest BCUT2D eigenvalue weighted by Gasteiger charge is -2.33. The molecular weight excluding hydrogens is 284 g/mol. The molecular formula is C14H20N6O2. The zero-order chi connectivity index (χ0) is 15.4. The largest absolute Gasteiger partial charge is 0.478 e. The number of aromatic nitrogens is 5. The van der Waals surface area contributed by atoms with Crippen LogP contribution in [0.3, 0.4) is 0 Å². The molecule has 1 fully saturated rings. The SMILES string of the molecule is CCOc1cc(N2CCOC(c3nncn3CC)C2)ncn1. The highest BCUT2D eigenvalue weighted by Crippen LogP contribution is 2.25. The molecule has 2 aromatic heterocycles. The molecule has 0 aliphatic carbocycles. The van der Waals surface area contributed by atoms with Crippen molar-refractivity contribution in [3.05, 3.63) is 24.5 Å². The van der Waals surface area contributed by atoms with Crippen LogP contribution in [0.2, 0.25) is 0 Å². The molecule has 3 heterocycles. The molecule has 22 heavy (non-hydrogen) atoms. The van der Waals surface area contributed by atoms with Gasteiger partial charge in [-0.2, -0.15) is 0 Å². The number of hydrogen-bond donors (Lipinski definition) is 0. The van der Waals surface area contributed by atoms with Crippen LogP contribution in [0.25, 0.3) is 0 Å². The zero-order valence-corrected chi connectivity index (χ0v) is 12.8. The summed E-state index contributed by atoms with van der Waals surface area (Å²) in [4.78, 5) is 10.6. The van der Waals surface area contributed by atoms with E-state index < -0.39 is 0 Å². The zero-order valence-electron chi connectivity index (χ0n) is 12.8. The van der Waals surface area contributed by atoms with Crippen LogP contribution >= 0.6 is 0 Å². The van der Waals surface area contributed by atoms with Crippen molar-refractivity contribution >= 4 is 5.82 Å². The van der Waals surface area contributed by atoms with E-state index in [1.807, 2.05) is 17.6 Å². The van der Waals surface area contributed by atoms with E-state index in [0.717, 1.165) is 24.7 Å². The Labute approximate surface area is 129 Å². The van der Waals surface area contributed by atoms with E-state index in [4.69, 9.17) is 9.47 Å². The number of rotatable bonds is 5. The monoisotopic (exact) mass is 304 g/mol. The minimum absolute atomic E-state index is 0.110. The average Bonchev–Trinajstić information content (AvgIpc) is 3.04. The van der Waals surface area contributed by atoms with Crippen LogP contribution in [0.1, 0.15) is 25.8 Å². The molecule has 2 aromatic rings. The average molecular weight is 304 g/mol. The van der Waals surface area contributed by atoms with Gasteiger partial charge in [0.2, 0.25) is 5.88 Å². The highest BCUT2D eigenvalue weighted by atomic mass is 16.5. The Balaban J connectivity index is 1.77. The minimum atomic E-state index is -0.110.